The average Bonchev–Trinajstić information content (AvgIpc) is 2.98. The number of halogens is 2. The Labute approximate surface area is 144 Å². The zero-order valence-electron chi connectivity index (χ0n) is 13.2. The SMILES string of the molecule is CCCNCCNC(=O)C1(c2ccc(Cl)cc2)CCCC1.Cl. The zero-order valence-corrected chi connectivity index (χ0v) is 14.7. The predicted molar refractivity (Wildman–Crippen MR) is 95.0 cm³/mol. The van der Waals surface area contributed by atoms with E-state index in [9.17, 15) is 4.79 Å². The third kappa shape index (κ3) is 4.61. The van der Waals surface area contributed by atoms with E-state index in [1.807, 2.05) is 24.3 Å². The van der Waals surface area contributed by atoms with Crippen molar-refractivity contribution in [2.24, 2.45) is 0 Å². The van der Waals surface area contributed by atoms with E-state index in [0.29, 0.717) is 6.54 Å². The molecule has 0 atom stereocenters. The molecule has 22 heavy (non-hydrogen) atoms. The van der Waals surface area contributed by atoms with E-state index in [4.69, 9.17) is 11.6 Å². The number of rotatable bonds is 7. The first-order valence-electron chi connectivity index (χ1n) is 7.94. The number of hydrogen-bond donors (Lipinski definition) is 2. The van der Waals surface area contributed by atoms with Crippen molar-refractivity contribution in [2.75, 3.05) is 19.6 Å². The van der Waals surface area contributed by atoms with E-state index in [0.717, 1.165) is 55.8 Å². The van der Waals surface area contributed by atoms with Gasteiger partial charge < -0.3 is 10.6 Å². The molecule has 1 amide bonds. The van der Waals surface area contributed by atoms with Gasteiger partial charge in [0, 0.05) is 18.1 Å². The van der Waals surface area contributed by atoms with Crippen LogP contribution in [0.1, 0.15) is 44.6 Å². The van der Waals surface area contributed by atoms with Gasteiger partial charge in [-0.2, -0.15) is 0 Å². The van der Waals surface area contributed by atoms with Crippen molar-refractivity contribution in [1.29, 1.82) is 0 Å². The molecule has 0 heterocycles. The second-order valence-electron chi connectivity index (χ2n) is 5.80. The highest BCUT2D eigenvalue weighted by atomic mass is 35.5. The van der Waals surface area contributed by atoms with Crippen LogP contribution in [-0.4, -0.2) is 25.5 Å². The summed E-state index contributed by atoms with van der Waals surface area (Å²) in [5, 5.41) is 7.13. The lowest BCUT2D eigenvalue weighted by Gasteiger charge is -2.28. The molecule has 0 aromatic heterocycles. The molecule has 0 aliphatic heterocycles. The van der Waals surface area contributed by atoms with Gasteiger partial charge in [-0.05, 0) is 43.5 Å². The second kappa shape index (κ2) is 9.39. The van der Waals surface area contributed by atoms with Crippen LogP contribution < -0.4 is 10.6 Å². The van der Waals surface area contributed by atoms with Crippen molar-refractivity contribution in [2.45, 2.75) is 44.4 Å². The number of amides is 1. The maximum absolute atomic E-state index is 12.7. The maximum atomic E-state index is 12.7. The molecule has 0 radical (unpaired) electrons. The number of benzene rings is 1. The molecule has 1 aliphatic rings. The lowest BCUT2D eigenvalue weighted by atomic mass is 9.78. The molecular weight excluding hydrogens is 319 g/mol. The molecule has 2 N–H and O–H groups in total. The first kappa shape index (κ1) is 19.3. The molecule has 0 spiro atoms. The zero-order chi connectivity index (χ0) is 15.1. The summed E-state index contributed by atoms with van der Waals surface area (Å²) in [5.41, 5.74) is 0.749. The summed E-state index contributed by atoms with van der Waals surface area (Å²) < 4.78 is 0. The summed E-state index contributed by atoms with van der Waals surface area (Å²) in [4.78, 5) is 12.7. The van der Waals surface area contributed by atoms with Crippen molar-refractivity contribution >= 4 is 29.9 Å². The Morgan fingerprint density at radius 1 is 1.14 bits per heavy atom. The van der Waals surface area contributed by atoms with E-state index in [1.54, 1.807) is 0 Å². The fourth-order valence-corrected chi connectivity index (χ4v) is 3.26. The van der Waals surface area contributed by atoms with Crippen LogP contribution in [0, 0.1) is 0 Å². The minimum Gasteiger partial charge on any atom is -0.354 e. The Morgan fingerprint density at radius 2 is 1.77 bits per heavy atom. The van der Waals surface area contributed by atoms with Crippen LogP contribution in [0.25, 0.3) is 0 Å². The summed E-state index contributed by atoms with van der Waals surface area (Å²) in [5.74, 6) is 0.167. The second-order valence-corrected chi connectivity index (χ2v) is 6.24. The minimum absolute atomic E-state index is 0. The standard InChI is InChI=1S/C17H25ClN2O.ClH/c1-2-11-19-12-13-20-16(21)17(9-3-4-10-17)14-5-7-15(18)8-6-14;/h5-8,19H,2-4,9-13H2,1H3,(H,20,21);1H. The minimum atomic E-state index is -0.352. The van der Waals surface area contributed by atoms with Gasteiger partial charge in [-0.3, -0.25) is 4.79 Å². The van der Waals surface area contributed by atoms with Gasteiger partial charge in [-0.1, -0.05) is 43.5 Å². The van der Waals surface area contributed by atoms with Crippen molar-refractivity contribution in [3.63, 3.8) is 0 Å². The van der Waals surface area contributed by atoms with Crippen LogP contribution in [0.4, 0.5) is 0 Å². The third-order valence-electron chi connectivity index (χ3n) is 4.30. The highest BCUT2D eigenvalue weighted by molar-refractivity contribution is 6.30. The summed E-state index contributed by atoms with van der Waals surface area (Å²) >= 11 is 5.97. The molecule has 0 saturated heterocycles. The van der Waals surface area contributed by atoms with Crippen molar-refractivity contribution in [3.05, 3.63) is 34.9 Å². The van der Waals surface area contributed by atoms with Gasteiger partial charge >= 0.3 is 0 Å². The first-order chi connectivity index (χ1) is 10.2. The molecule has 3 nitrogen and oxygen atoms in total. The van der Waals surface area contributed by atoms with Gasteiger partial charge in [0.2, 0.25) is 5.91 Å². The predicted octanol–water partition coefficient (Wildman–Crippen LogP) is 3.69. The van der Waals surface area contributed by atoms with Crippen LogP contribution in [-0.2, 0) is 10.2 Å². The van der Waals surface area contributed by atoms with E-state index in [-0.39, 0.29) is 23.7 Å². The Hall–Kier alpha value is -0.770. The van der Waals surface area contributed by atoms with Gasteiger partial charge in [-0.25, -0.2) is 0 Å². The topological polar surface area (TPSA) is 41.1 Å². The first-order valence-corrected chi connectivity index (χ1v) is 8.32. The molecule has 1 aromatic rings. The third-order valence-corrected chi connectivity index (χ3v) is 4.55. The smallest absolute Gasteiger partial charge is 0.230 e. The summed E-state index contributed by atoms with van der Waals surface area (Å²) in [7, 11) is 0. The van der Waals surface area contributed by atoms with Gasteiger partial charge in [0.05, 0.1) is 5.41 Å². The Balaban J connectivity index is 0.00000242. The molecule has 5 heteroatoms. The Bertz CT molecular complexity index is 456. The van der Waals surface area contributed by atoms with Crippen LogP contribution in [0.5, 0.6) is 0 Å². The fraction of sp³-hybridized carbons (Fsp3) is 0.588. The van der Waals surface area contributed by atoms with Gasteiger partial charge in [0.25, 0.3) is 0 Å². The highest BCUT2D eigenvalue weighted by Gasteiger charge is 2.42. The van der Waals surface area contributed by atoms with E-state index < -0.39 is 0 Å². The van der Waals surface area contributed by atoms with Crippen LogP contribution in [0.3, 0.4) is 0 Å². The quantitative estimate of drug-likeness (QED) is 0.740. The highest BCUT2D eigenvalue weighted by Crippen LogP contribution is 2.41. The fourth-order valence-electron chi connectivity index (χ4n) is 3.13. The number of nitrogens with one attached hydrogen (secondary N) is 2. The van der Waals surface area contributed by atoms with Gasteiger partial charge in [-0.15, -0.1) is 12.4 Å². The van der Waals surface area contributed by atoms with Crippen LogP contribution in [0.2, 0.25) is 5.02 Å². The summed E-state index contributed by atoms with van der Waals surface area (Å²) in [6, 6.07) is 7.77. The normalized spacial score (nSPS) is 16.1. The maximum Gasteiger partial charge on any atom is 0.230 e. The van der Waals surface area contributed by atoms with Crippen LogP contribution in [0.15, 0.2) is 24.3 Å². The lowest BCUT2D eigenvalue weighted by Crippen LogP contribution is -2.44. The molecule has 1 fully saturated rings. The molecule has 1 aliphatic carbocycles. The molecule has 0 bridgehead atoms. The molecule has 1 aromatic carbocycles. The number of carbonyl (C=O) groups is 1. The van der Waals surface area contributed by atoms with Gasteiger partial charge in [0.1, 0.15) is 0 Å². The average molecular weight is 345 g/mol. The molecular formula is C17H26Cl2N2O. The van der Waals surface area contributed by atoms with Crippen molar-refractivity contribution < 1.29 is 4.79 Å². The summed E-state index contributed by atoms with van der Waals surface area (Å²) in [6.45, 7) is 4.66. The van der Waals surface area contributed by atoms with E-state index in [2.05, 4.69) is 17.6 Å². The lowest BCUT2D eigenvalue weighted by molar-refractivity contribution is -0.126. The van der Waals surface area contributed by atoms with Gasteiger partial charge in [0.15, 0.2) is 0 Å². The molecule has 124 valence electrons. The molecule has 1 saturated carbocycles. The monoisotopic (exact) mass is 344 g/mol. The van der Waals surface area contributed by atoms with Crippen LogP contribution >= 0.6 is 24.0 Å². The van der Waals surface area contributed by atoms with Crippen molar-refractivity contribution in [1.82, 2.24) is 10.6 Å². The molecule has 0 unspecified atom stereocenters. The number of hydrogen-bond acceptors (Lipinski definition) is 2. The largest absolute Gasteiger partial charge is 0.354 e. The van der Waals surface area contributed by atoms with E-state index in [1.165, 1.54) is 0 Å². The number of carbonyl (C=O) groups excluding carboxylic acids is 1. The van der Waals surface area contributed by atoms with Crippen molar-refractivity contribution in [3.8, 4) is 0 Å². The summed E-state index contributed by atoms with van der Waals surface area (Å²) in [6.07, 6.45) is 5.21. The molecule has 2 rings (SSSR count). The Morgan fingerprint density at radius 3 is 2.36 bits per heavy atom. The Kier molecular flexibility index (Phi) is 8.23. The van der Waals surface area contributed by atoms with E-state index >= 15 is 0 Å².